The molecule has 4 heteroatoms. The summed E-state index contributed by atoms with van der Waals surface area (Å²) in [5, 5.41) is 3.53. The van der Waals surface area contributed by atoms with Crippen molar-refractivity contribution in [3.63, 3.8) is 0 Å². The van der Waals surface area contributed by atoms with E-state index in [2.05, 4.69) is 49.1 Å². The molecule has 0 aromatic carbocycles. The van der Waals surface area contributed by atoms with Gasteiger partial charge in [-0.25, -0.2) is 0 Å². The Balaban J connectivity index is 1.82. The maximum absolute atomic E-state index is 5.74. The van der Waals surface area contributed by atoms with Crippen LogP contribution in [0.4, 0.5) is 0 Å². The van der Waals surface area contributed by atoms with Gasteiger partial charge in [0.15, 0.2) is 0 Å². The fraction of sp³-hybridized carbons (Fsp3) is 0.765. The van der Waals surface area contributed by atoms with Crippen LogP contribution in [0.3, 0.4) is 0 Å². The summed E-state index contributed by atoms with van der Waals surface area (Å²) in [6, 6.07) is 2.96. The summed E-state index contributed by atoms with van der Waals surface area (Å²) in [5.74, 6) is 1.76. The molecule has 4 nitrogen and oxygen atoms in total. The molecule has 1 aliphatic rings. The molecule has 0 atom stereocenters. The zero-order valence-electron chi connectivity index (χ0n) is 14.1. The summed E-state index contributed by atoms with van der Waals surface area (Å²) in [6.07, 6.45) is 4.57. The van der Waals surface area contributed by atoms with Gasteiger partial charge in [0.1, 0.15) is 5.76 Å². The van der Waals surface area contributed by atoms with Crippen LogP contribution in [0.2, 0.25) is 0 Å². The van der Waals surface area contributed by atoms with E-state index < -0.39 is 0 Å². The van der Waals surface area contributed by atoms with Gasteiger partial charge in [-0.2, -0.15) is 0 Å². The van der Waals surface area contributed by atoms with Crippen LogP contribution in [0.25, 0.3) is 0 Å². The molecule has 0 radical (unpaired) electrons. The quantitative estimate of drug-likeness (QED) is 0.718. The van der Waals surface area contributed by atoms with E-state index in [0.29, 0.717) is 5.92 Å². The Morgan fingerprint density at radius 1 is 1.29 bits per heavy atom. The zero-order chi connectivity index (χ0) is 15.2. The third kappa shape index (κ3) is 6.64. The Morgan fingerprint density at radius 3 is 2.67 bits per heavy atom. The van der Waals surface area contributed by atoms with E-state index in [4.69, 9.17) is 4.42 Å². The van der Waals surface area contributed by atoms with E-state index in [1.807, 2.05) is 6.26 Å². The molecule has 0 saturated heterocycles. The summed E-state index contributed by atoms with van der Waals surface area (Å²) >= 11 is 0. The van der Waals surface area contributed by atoms with Crippen LogP contribution in [-0.4, -0.2) is 49.6 Å². The largest absolute Gasteiger partial charge is 0.468 e. The normalized spacial score (nSPS) is 15.6. The second kappa shape index (κ2) is 7.97. The first kappa shape index (κ1) is 16.5. The van der Waals surface area contributed by atoms with Crippen molar-refractivity contribution in [1.29, 1.82) is 0 Å². The van der Waals surface area contributed by atoms with Crippen molar-refractivity contribution in [2.24, 2.45) is 5.92 Å². The lowest BCUT2D eigenvalue weighted by Gasteiger charge is -2.24. The Morgan fingerprint density at radius 2 is 2.05 bits per heavy atom. The molecular formula is C17H31N3O. The van der Waals surface area contributed by atoms with Gasteiger partial charge in [0.2, 0.25) is 0 Å². The molecule has 0 aliphatic heterocycles. The summed E-state index contributed by atoms with van der Waals surface area (Å²) in [7, 11) is 4.25. The van der Waals surface area contributed by atoms with Crippen LogP contribution in [0.15, 0.2) is 16.7 Å². The Hall–Kier alpha value is -0.840. The smallest absolute Gasteiger partial charge is 0.118 e. The number of hydrogen-bond acceptors (Lipinski definition) is 4. The predicted molar refractivity (Wildman–Crippen MR) is 87.2 cm³/mol. The predicted octanol–water partition coefficient (Wildman–Crippen LogP) is 2.55. The van der Waals surface area contributed by atoms with Gasteiger partial charge in [-0.05, 0) is 38.9 Å². The molecular weight excluding hydrogens is 262 g/mol. The zero-order valence-corrected chi connectivity index (χ0v) is 14.1. The number of nitrogens with zero attached hydrogens (tertiary/aromatic N) is 2. The molecule has 1 heterocycles. The lowest BCUT2D eigenvalue weighted by Crippen LogP contribution is -2.33. The highest BCUT2D eigenvalue weighted by Gasteiger charge is 2.20. The highest BCUT2D eigenvalue weighted by atomic mass is 16.3. The van der Waals surface area contributed by atoms with Crippen LogP contribution in [0.5, 0.6) is 0 Å². The molecule has 0 spiro atoms. The topological polar surface area (TPSA) is 31.6 Å². The number of furan rings is 1. The minimum atomic E-state index is 0.679. The van der Waals surface area contributed by atoms with E-state index in [1.165, 1.54) is 18.4 Å². The average molecular weight is 293 g/mol. The van der Waals surface area contributed by atoms with Gasteiger partial charge in [0.25, 0.3) is 0 Å². The monoisotopic (exact) mass is 293 g/mol. The first-order valence-corrected chi connectivity index (χ1v) is 8.19. The molecule has 0 unspecified atom stereocenters. The Labute approximate surface area is 129 Å². The van der Waals surface area contributed by atoms with Crippen LogP contribution >= 0.6 is 0 Å². The molecule has 1 aliphatic carbocycles. The van der Waals surface area contributed by atoms with Gasteiger partial charge in [-0.3, -0.25) is 4.90 Å². The second-order valence-electron chi connectivity index (χ2n) is 7.01. The summed E-state index contributed by atoms with van der Waals surface area (Å²) < 4.78 is 5.74. The minimum Gasteiger partial charge on any atom is -0.468 e. The number of hydrogen-bond donors (Lipinski definition) is 1. The standard InChI is InChI=1S/C17H31N3O/c1-14(2)11-20(8-7-19(3)4)12-17-9-15(13-21-17)10-18-16-5-6-16/h9,13-14,16,18H,5-8,10-12H2,1-4H3. The molecule has 1 aromatic heterocycles. The maximum Gasteiger partial charge on any atom is 0.118 e. The maximum atomic E-state index is 5.74. The Bertz CT molecular complexity index is 410. The SMILES string of the molecule is CC(C)CN(CCN(C)C)Cc1cc(CNC2CC2)co1. The molecule has 120 valence electrons. The third-order valence-corrected chi connectivity index (χ3v) is 3.75. The van der Waals surface area contributed by atoms with Crippen molar-refractivity contribution in [2.75, 3.05) is 33.7 Å². The van der Waals surface area contributed by atoms with Crippen LogP contribution in [-0.2, 0) is 13.1 Å². The first-order valence-electron chi connectivity index (χ1n) is 8.19. The lowest BCUT2D eigenvalue weighted by molar-refractivity contribution is 0.198. The van der Waals surface area contributed by atoms with Crippen molar-refractivity contribution >= 4 is 0 Å². The average Bonchev–Trinajstić information content (AvgIpc) is 3.13. The van der Waals surface area contributed by atoms with Crippen molar-refractivity contribution in [2.45, 2.75) is 45.8 Å². The van der Waals surface area contributed by atoms with Gasteiger partial charge < -0.3 is 14.6 Å². The van der Waals surface area contributed by atoms with Crippen LogP contribution in [0.1, 0.15) is 38.0 Å². The first-order chi connectivity index (χ1) is 10.0. The highest BCUT2D eigenvalue weighted by molar-refractivity contribution is 5.13. The molecule has 0 amide bonds. The van der Waals surface area contributed by atoms with E-state index in [1.54, 1.807) is 0 Å². The summed E-state index contributed by atoms with van der Waals surface area (Å²) in [5.41, 5.74) is 1.27. The third-order valence-electron chi connectivity index (χ3n) is 3.75. The van der Waals surface area contributed by atoms with E-state index in [0.717, 1.165) is 44.5 Å². The van der Waals surface area contributed by atoms with E-state index in [-0.39, 0.29) is 0 Å². The van der Waals surface area contributed by atoms with Gasteiger partial charge in [-0.1, -0.05) is 13.8 Å². The van der Waals surface area contributed by atoms with Crippen LogP contribution in [0, 0.1) is 5.92 Å². The van der Waals surface area contributed by atoms with Crippen molar-refractivity contribution in [3.05, 3.63) is 23.7 Å². The summed E-state index contributed by atoms with van der Waals surface area (Å²) in [6.45, 7) is 9.69. The lowest BCUT2D eigenvalue weighted by atomic mass is 10.2. The highest BCUT2D eigenvalue weighted by Crippen LogP contribution is 2.20. The van der Waals surface area contributed by atoms with E-state index >= 15 is 0 Å². The number of likely N-dealkylation sites (N-methyl/N-ethyl adjacent to an activating group) is 1. The van der Waals surface area contributed by atoms with Crippen LogP contribution < -0.4 is 5.32 Å². The van der Waals surface area contributed by atoms with E-state index in [9.17, 15) is 0 Å². The molecule has 1 saturated carbocycles. The van der Waals surface area contributed by atoms with Crippen molar-refractivity contribution in [1.82, 2.24) is 15.1 Å². The molecule has 1 fully saturated rings. The number of nitrogens with one attached hydrogen (secondary N) is 1. The van der Waals surface area contributed by atoms with Crippen molar-refractivity contribution < 1.29 is 4.42 Å². The van der Waals surface area contributed by atoms with Gasteiger partial charge in [-0.15, -0.1) is 0 Å². The molecule has 1 aromatic rings. The van der Waals surface area contributed by atoms with Gasteiger partial charge in [0, 0.05) is 37.8 Å². The second-order valence-corrected chi connectivity index (χ2v) is 7.01. The minimum absolute atomic E-state index is 0.679. The fourth-order valence-electron chi connectivity index (χ4n) is 2.46. The Kier molecular flexibility index (Phi) is 6.27. The summed E-state index contributed by atoms with van der Waals surface area (Å²) in [4.78, 5) is 4.72. The molecule has 1 N–H and O–H groups in total. The van der Waals surface area contributed by atoms with Gasteiger partial charge >= 0.3 is 0 Å². The molecule has 0 bridgehead atoms. The van der Waals surface area contributed by atoms with Crippen molar-refractivity contribution in [3.8, 4) is 0 Å². The van der Waals surface area contributed by atoms with Gasteiger partial charge in [0.05, 0.1) is 12.8 Å². The number of rotatable bonds is 10. The fourth-order valence-corrected chi connectivity index (χ4v) is 2.46. The molecule has 21 heavy (non-hydrogen) atoms. The molecule has 2 rings (SSSR count).